The van der Waals surface area contributed by atoms with Crippen LogP contribution in [0.15, 0.2) is 42.6 Å². The van der Waals surface area contributed by atoms with Crippen LogP contribution in [0.5, 0.6) is 0 Å². The summed E-state index contributed by atoms with van der Waals surface area (Å²) in [4.78, 5) is 5.46. The van der Waals surface area contributed by atoms with E-state index >= 15 is 0 Å². The average molecular weight is 347 g/mol. The summed E-state index contributed by atoms with van der Waals surface area (Å²) in [6.07, 6.45) is 6.95. The standard InChI is InChI=1S/C16H15ClN4OS/c17-12-4-2-11(3-5-12)14-8-21-16(19-14)23-15(20-21)18-13-6-1-10(7-13)9-22/h1-6,8,10,13,22H,7,9H2,(H,18,20)/t10-,13+/m0/s1. The smallest absolute Gasteiger partial charge is 0.214 e. The van der Waals surface area contributed by atoms with Crippen LogP contribution in [0.4, 0.5) is 5.13 Å². The second-order valence-corrected chi connectivity index (χ2v) is 6.97. The summed E-state index contributed by atoms with van der Waals surface area (Å²) in [5.41, 5.74) is 1.90. The molecule has 0 radical (unpaired) electrons. The van der Waals surface area contributed by atoms with Gasteiger partial charge in [0, 0.05) is 29.2 Å². The number of nitrogens with one attached hydrogen (secondary N) is 1. The van der Waals surface area contributed by atoms with Crippen molar-refractivity contribution in [3.63, 3.8) is 0 Å². The molecule has 1 aliphatic rings. The molecule has 0 saturated carbocycles. The van der Waals surface area contributed by atoms with Gasteiger partial charge in [-0.15, -0.1) is 5.10 Å². The van der Waals surface area contributed by atoms with E-state index in [1.165, 1.54) is 11.3 Å². The number of imidazole rings is 1. The number of fused-ring (bicyclic) bond motifs is 1. The number of anilines is 1. The van der Waals surface area contributed by atoms with Gasteiger partial charge in [0.2, 0.25) is 10.1 Å². The molecule has 5 nitrogen and oxygen atoms in total. The van der Waals surface area contributed by atoms with Gasteiger partial charge in [-0.1, -0.05) is 47.2 Å². The van der Waals surface area contributed by atoms with Crippen LogP contribution >= 0.6 is 22.9 Å². The average Bonchev–Trinajstić information content (AvgIpc) is 3.22. The fourth-order valence-electron chi connectivity index (χ4n) is 2.69. The Bertz CT molecular complexity index is 823. The molecule has 2 N–H and O–H groups in total. The largest absolute Gasteiger partial charge is 0.396 e. The molecule has 2 aromatic heterocycles. The zero-order valence-corrected chi connectivity index (χ0v) is 13.8. The monoisotopic (exact) mass is 346 g/mol. The van der Waals surface area contributed by atoms with Gasteiger partial charge in [0.25, 0.3) is 0 Å². The Kier molecular flexibility index (Phi) is 3.80. The normalized spacial score (nSPS) is 20.4. The third-order valence-electron chi connectivity index (χ3n) is 3.90. The van der Waals surface area contributed by atoms with Crippen molar-refractivity contribution < 1.29 is 5.11 Å². The van der Waals surface area contributed by atoms with Crippen LogP contribution in [0.2, 0.25) is 5.02 Å². The van der Waals surface area contributed by atoms with E-state index in [4.69, 9.17) is 11.6 Å². The van der Waals surface area contributed by atoms with E-state index in [-0.39, 0.29) is 18.6 Å². The number of hydrogen-bond acceptors (Lipinski definition) is 5. The first-order chi connectivity index (χ1) is 11.2. The molecule has 7 heteroatoms. The molecule has 118 valence electrons. The summed E-state index contributed by atoms with van der Waals surface area (Å²) in [6, 6.07) is 7.83. The van der Waals surface area contributed by atoms with Crippen molar-refractivity contribution in [2.45, 2.75) is 12.5 Å². The number of aliphatic hydroxyl groups excluding tert-OH is 1. The Morgan fingerprint density at radius 1 is 1.30 bits per heavy atom. The molecule has 0 bridgehead atoms. The summed E-state index contributed by atoms with van der Waals surface area (Å²) >= 11 is 7.43. The van der Waals surface area contributed by atoms with Crippen LogP contribution in [-0.2, 0) is 0 Å². The van der Waals surface area contributed by atoms with E-state index in [0.29, 0.717) is 5.02 Å². The van der Waals surface area contributed by atoms with Gasteiger partial charge in [-0.25, -0.2) is 9.50 Å². The Balaban J connectivity index is 1.53. The molecule has 0 spiro atoms. The van der Waals surface area contributed by atoms with E-state index in [1.807, 2.05) is 30.5 Å². The van der Waals surface area contributed by atoms with Crippen LogP contribution in [0.3, 0.4) is 0 Å². The molecule has 0 amide bonds. The first kappa shape index (κ1) is 14.7. The van der Waals surface area contributed by atoms with Gasteiger partial charge in [0.15, 0.2) is 0 Å². The Morgan fingerprint density at radius 3 is 2.83 bits per heavy atom. The predicted octanol–water partition coefficient (Wildman–Crippen LogP) is 3.46. The minimum atomic E-state index is 0.195. The van der Waals surface area contributed by atoms with Gasteiger partial charge in [0.05, 0.1) is 11.9 Å². The maximum atomic E-state index is 9.17. The highest BCUT2D eigenvalue weighted by Gasteiger charge is 2.19. The van der Waals surface area contributed by atoms with Crippen molar-refractivity contribution in [2.75, 3.05) is 11.9 Å². The first-order valence-electron chi connectivity index (χ1n) is 7.39. The highest BCUT2D eigenvalue weighted by atomic mass is 35.5. The number of hydrogen-bond donors (Lipinski definition) is 2. The van der Waals surface area contributed by atoms with Gasteiger partial charge in [-0.05, 0) is 18.6 Å². The molecule has 1 aromatic carbocycles. The zero-order valence-electron chi connectivity index (χ0n) is 12.2. The molecular weight excluding hydrogens is 332 g/mol. The summed E-state index contributed by atoms with van der Waals surface area (Å²) < 4.78 is 1.79. The van der Waals surface area contributed by atoms with Gasteiger partial charge in [-0.3, -0.25) is 0 Å². The van der Waals surface area contributed by atoms with Gasteiger partial charge in [-0.2, -0.15) is 0 Å². The highest BCUT2D eigenvalue weighted by Crippen LogP contribution is 2.27. The molecule has 2 atom stereocenters. The lowest BCUT2D eigenvalue weighted by Gasteiger charge is -2.10. The number of halogens is 1. The molecule has 2 heterocycles. The zero-order chi connectivity index (χ0) is 15.8. The second-order valence-electron chi connectivity index (χ2n) is 5.58. The van der Waals surface area contributed by atoms with E-state index in [0.717, 1.165) is 27.8 Å². The van der Waals surface area contributed by atoms with Gasteiger partial charge >= 0.3 is 0 Å². The lowest BCUT2D eigenvalue weighted by molar-refractivity contribution is 0.250. The number of rotatable bonds is 4. The Morgan fingerprint density at radius 2 is 2.13 bits per heavy atom. The lowest BCUT2D eigenvalue weighted by Crippen LogP contribution is -2.16. The van der Waals surface area contributed by atoms with Gasteiger partial charge in [0.1, 0.15) is 0 Å². The summed E-state index contributed by atoms with van der Waals surface area (Å²) in [5.74, 6) is 0.244. The summed E-state index contributed by atoms with van der Waals surface area (Å²) in [6.45, 7) is 0.195. The van der Waals surface area contributed by atoms with Crippen LogP contribution in [0.25, 0.3) is 16.2 Å². The predicted molar refractivity (Wildman–Crippen MR) is 93.1 cm³/mol. The van der Waals surface area contributed by atoms with Crippen molar-refractivity contribution in [2.24, 2.45) is 5.92 Å². The van der Waals surface area contributed by atoms with Crippen molar-refractivity contribution in [3.8, 4) is 11.3 Å². The maximum absolute atomic E-state index is 9.17. The summed E-state index contributed by atoms with van der Waals surface area (Å²) in [7, 11) is 0. The number of aromatic nitrogens is 3. The number of aliphatic hydroxyl groups is 1. The summed E-state index contributed by atoms with van der Waals surface area (Å²) in [5, 5.41) is 18.6. The molecule has 3 aromatic rings. The molecule has 1 aliphatic carbocycles. The first-order valence-corrected chi connectivity index (χ1v) is 8.58. The van der Waals surface area contributed by atoms with E-state index < -0.39 is 0 Å². The van der Waals surface area contributed by atoms with Crippen LogP contribution in [0, 0.1) is 5.92 Å². The van der Waals surface area contributed by atoms with Crippen molar-refractivity contribution in [1.82, 2.24) is 14.6 Å². The van der Waals surface area contributed by atoms with Crippen LogP contribution < -0.4 is 5.32 Å². The van der Waals surface area contributed by atoms with E-state index in [1.54, 1.807) is 4.52 Å². The number of benzene rings is 1. The third-order valence-corrected chi connectivity index (χ3v) is 5.00. The Labute approximate surface area is 142 Å². The molecule has 0 aliphatic heterocycles. The van der Waals surface area contributed by atoms with Crippen LogP contribution in [-0.4, -0.2) is 32.4 Å². The van der Waals surface area contributed by atoms with Crippen LogP contribution in [0.1, 0.15) is 6.42 Å². The minimum absolute atomic E-state index is 0.195. The van der Waals surface area contributed by atoms with Crippen molar-refractivity contribution in [3.05, 3.63) is 47.6 Å². The molecule has 4 rings (SSSR count). The molecular formula is C16H15ClN4OS. The molecule has 0 saturated heterocycles. The van der Waals surface area contributed by atoms with Crippen molar-refractivity contribution in [1.29, 1.82) is 0 Å². The maximum Gasteiger partial charge on any atom is 0.214 e. The van der Waals surface area contributed by atoms with E-state index in [9.17, 15) is 5.11 Å². The van der Waals surface area contributed by atoms with E-state index in [2.05, 4.69) is 27.6 Å². The minimum Gasteiger partial charge on any atom is -0.396 e. The SMILES string of the molecule is OC[C@H]1C=C[C@@H](Nc2nn3cc(-c4ccc(Cl)cc4)nc3s2)C1. The quantitative estimate of drug-likeness (QED) is 0.710. The second kappa shape index (κ2) is 5.96. The Hall–Kier alpha value is -1.89. The molecule has 0 unspecified atom stereocenters. The molecule has 0 fully saturated rings. The fourth-order valence-corrected chi connectivity index (χ4v) is 3.66. The van der Waals surface area contributed by atoms with Gasteiger partial charge < -0.3 is 10.4 Å². The molecule has 23 heavy (non-hydrogen) atoms. The third kappa shape index (κ3) is 2.97. The fraction of sp³-hybridized carbons (Fsp3) is 0.250. The topological polar surface area (TPSA) is 62.5 Å². The van der Waals surface area contributed by atoms with Crippen molar-refractivity contribution >= 4 is 33.0 Å². The highest BCUT2D eigenvalue weighted by molar-refractivity contribution is 7.20. The lowest BCUT2D eigenvalue weighted by atomic mass is 10.1. The number of nitrogens with zero attached hydrogens (tertiary/aromatic N) is 3.